The molecular weight excluding hydrogens is 308 g/mol. The molecule has 3 nitrogen and oxygen atoms in total. The van der Waals surface area contributed by atoms with Crippen LogP contribution in [0, 0.1) is 18.6 Å². The minimum absolute atomic E-state index is 0.123. The lowest BCUT2D eigenvalue weighted by atomic mass is 10.2. The number of rotatable bonds is 3. The Morgan fingerprint density at radius 1 is 1.10 bits per heavy atom. The second kappa shape index (κ2) is 5.38. The molecule has 0 saturated heterocycles. The molecule has 0 radical (unpaired) electrons. The van der Waals surface area contributed by atoms with Crippen LogP contribution in [0.5, 0.6) is 0 Å². The molecule has 7 heteroatoms. The summed E-state index contributed by atoms with van der Waals surface area (Å²) in [4.78, 5) is -0.123. The van der Waals surface area contributed by atoms with Crippen molar-refractivity contribution < 1.29 is 17.2 Å². The second-order valence-corrected chi connectivity index (χ2v) is 6.20. The minimum Gasteiger partial charge on any atom is -0.274 e. The maximum atomic E-state index is 13.5. The smallest absolute Gasteiger partial charge is 0.262 e. The van der Waals surface area contributed by atoms with Crippen LogP contribution in [0.4, 0.5) is 14.5 Å². The molecule has 0 spiro atoms. The molecular formula is C13H10ClF2NO2S. The first kappa shape index (κ1) is 14.7. The molecule has 2 rings (SSSR count). The van der Waals surface area contributed by atoms with Crippen LogP contribution in [0.2, 0.25) is 5.02 Å². The van der Waals surface area contributed by atoms with E-state index in [1.165, 1.54) is 18.2 Å². The molecule has 0 aliphatic heterocycles. The van der Waals surface area contributed by atoms with E-state index in [-0.39, 0.29) is 4.90 Å². The van der Waals surface area contributed by atoms with E-state index in [0.29, 0.717) is 10.6 Å². The van der Waals surface area contributed by atoms with Crippen LogP contribution in [0.25, 0.3) is 0 Å². The van der Waals surface area contributed by atoms with Crippen molar-refractivity contribution >= 4 is 27.3 Å². The van der Waals surface area contributed by atoms with Crippen molar-refractivity contribution in [1.82, 2.24) is 0 Å². The van der Waals surface area contributed by atoms with Gasteiger partial charge in [0.15, 0.2) is 0 Å². The predicted molar refractivity (Wildman–Crippen MR) is 73.4 cm³/mol. The zero-order valence-electron chi connectivity index (χ0n) is 10.3. The van der Waals surface area contributed by atoms with Gasteiger partial charge in [0.1, 0.15) is 17.3 Å². The lowest BCUT2D eigenvalue weighted by Gasteiger charge is -2.10. The van der Waals surface area contributed by atoms with Crippen LogP contribution in [-0.4, -0.2) is 8.42 Å². The Morgan fingerprint density at radius 3 is 2.25 bits per heavy atom. The van der Waals surface area contributed by atoms with Gasteiger partial charge in [-0.05, 0) is 42.8 Å². The summed E-state index contributed by atoms with van der Waals surface area (Å²) in [6, 6.07) is 7.07. The van der Waals surface area contributed by atoms with Gasteiger partial charge in [-0.3, -0.25) is 4.72 Å². The molecule has 0 atom stereocenters. The summed E-state index contributed by atoms with van der Waals surface area (Å²) in [5.41, 5.74) is -0.163. The maximum absolute atomic E-state index is 13.5. The van der Waals surface area contributed by atoms with Gasteiger partial charge in [0, 0.05) is 5.02 Å². The van der Waals surface area contributed by atoms with E-state index >= 15 is 0 Å². The average Bonchev–Trinajstić information content (AvgIpc) is 2.37. The van der Waals surface area contributed by atoms with Gasteiger partial charge in [0.25, 0.3) is 10.0 Å². The van der Waals surface area contributed by atoms with Gasteiger partial charge in [0.05, 0.1) is 4.90 Å². The van der Waals surface area contributed by atoms with E-state index in [2.05, 4.69) is 0 Å². The highest BCUT2D eigenvalue weighted by atomic mass is 35.5. The average molecular weight is 318 g/mol. The molecule has 0 bridgehead atoms. The third-order valence-corrected chi connectivity index (χ3v) is 4.41. The van der Waals surface area contributed by atoms with Crippen molar-refractivity contribution in [3.05, 3.63) is 58.6 Å². The molecule has 0 aliphatic carbocycles. The molecule has 0 aromatic heterocycles. The third kappa shape index (κ3) is 2.91. The van der Waals surface area contributed by atoms with Gasteiger partial charge in [-0.2, -0.15) is 0 Å². The number of sulfonamides is 1. The Balaban J connectivity index is 2.43. The van der Waals surface area contributed by atoms with Gasteiger partial charge in [-0.15, -0.1) is 0 Å². The molecule has 1 N–H and O–H groups in total. The molecule has 0 saturated carbocycles. The lowest BCUT2D eigenvalue weighted by molar-refractivity contribution is 0.583. The van der Waals surface area contributed by atoms with E-state index in [1.54, 1.807) is 6.92 Å². The summed E-state index contributed by atoms with van der Waals surface area (Å²) in [6.07, 6.45) is 0. The fourth-order valence-electron chi connectivity index (χ4n) is 1.57. The van der Waals surface area contributed by atoms with Crippen LogP contribution in [0.3, 0.4) is 0 Å². The summed E-state index contributed by atoms with van der Waals surface area (Å²) >= 11 is 5.81. The summed E-state index contributed by atoms with van der Waals surface area (Å²) in [6.45, 7) is 1.63. The van der Waals surface area contributed by atoms with E-state index in [0.717, 1.165) is 18.2 Å². The van der Waals surface area contributed by atoms with E-state index in [4.69, 9.17) is 11.6 Å². The number of halogens is 3. The summed E-state index contributed by atoms with van der Waals surface area (Å²) in [7, 11) is -4.09. The Labute approximate surface area is 120 Å². The first-order valence-electron chi connectivity index (χ1n) is 5.54. The fraction of sp³-hybridized carbons (Fsp3) is 0.0769. The largest absolute Gasteiger partial charge is 0.274 e. The van der Waals surface area contributed by atoms with Crippen molar-refractivity contribution in [3.8, 4) is 0 Å². The first-order valence-corrected chi connectivity index (χ1v) is 7.40. The van der Waals surface area contributed by atoms with Gasteiger partial charge >= 0.3 is 0 Å². The summed E-state index contributed by atoms with van der Waals surface area (Å²) in [5, 5.41) is 0.404. The van der Waals surface area contributed by atoms with Crippen LogP contribution in [0.15, 0.2) is 41.3 Å². The zero-order chi connectivity index (χ0) is 14.9. The third-order valence-electron chi connectivity index (χ3n) is 2.64. The Bertz CT molecular complexity index is 743. The number of para-hydroxylation sites is 1. The topological polar surface area (TPSA) is 46.2 Å². The number of nitrogens with one attached hydrogen (secondary N) is 1. The monoisotopic (exact) mass is 317 g/mol. The molecule has 106 valence electrons. The highest BCUT2D eigenvalue weighted by molar-refractivity contribution is 7.92. The normalized spacial score (nSPS) is 11.4. The van der Waals surface area contributed by atoms with Crippen LogP contribution in [-0.2, 0) is 10.0 Å². The van der Waals surface area contributed by atoms with Crippen molar-refractivity contribution in [2.45, 2.75) is 11.8 Å². The molecule has 0 amide bonds. The number of hydrogen-bond donors (Lipinski definition) is 1. The molecule has 2 aromatic rings. The van der Waals surface area contributed by atoms with Gasteiger partial charge in [-0.1, -0.05) is 17.7 Å². The van der Waals surface area contributed by atoms with Crippen molar-refractivity contribution in [2.75, 3.05) is 4.72 Å². The van der Waals surface area contributed by atoms with Crippen molar-refractivity contribution in [1.29, 1.82) is 0 Å². The standard InChI is InChI=1S/C13H10ClF2NO2S/c1-8-7-9(5-6-10(8)14)20(18,19)17-13-11(15)3-2-4-12(13)16/h2-7,17H,1H3. The second-order valence-electron chi connectivity index (χ2n) is 4.11. The summed E-state index contributed by atoms with van der Waals surface area (Å²) < 4.78 is 53.0. The Kier molecular flexibility index (Phi) is 3.96. The zero-order valence-corrected chi connectivity index (χ0v) is 11.9. The lowest BCUT2D eigenvalue weighted by Crippen LogP contribution is -2.15. The maximum Gasteiger partial charge on any atom is 0.262 e. The molecule has 0 aliphatic rings. The number of anilines is 1. The van der Waals surface area contributed by atoms with Gasteiger partial charge in [0.2, 0.25) is 0 Å². The van der Waals surface area contributed by atoms with Gasteiger partial charge in [-0.25, -0.2) is 17.2 Å². The highest BCUT2D eigenvalue weighted by Crippen LogP contribution is 2.24. The fourth-order valence-corrected chi connectivity index (χ4v) is 2.85. The van der Waals surface area contributed by atoms with Crippen LogP contribution in [0.1, 0.15) is 5.56 Å². The highest BCUT2D eigenvalue weighted by Gasteiger charge is 2.19. The molecule has 0 unspecified atom stereocenters. The number of aryl methyl sites for hydroxylation is 1. The van der Waals surface area contributed by atoms with Crippen LogP contribution < -0.4 is 4.72 Å². The van der Waals surface area contributed by atoms with Gasteiger partial charge < -0.3 is 0 Å². The molecule has 0 heterocycles. The molecule has 20 heavy (non-hydrogen) atoms. The van der Waals surface area contributed by atoms with Crippen molar-refractivity contribution in [2.24, 2.45) is 0 Å². The Hall–Kier alpha value is -1.66. The first-order chi connectivity index (χ1) is 9.31. The number of hydrogen-bond acceptors (Lipinski definition) is 2. The SMILES string of the molecule is Cc1cc(S(=O)(=O)Nc2c(F)cccc2F)ccc1Cl. The molecule has 2 aromatic carbocycles. The molecule has 0 fully saturated rings. The van der Waals surface area contributed by atoms with E-state index < -0.39 is 27.3 Å². The summed E-state index contributed by atoms with van der Waals surface area (Å²) in [5.74, 6) is -1.97. The van der Waals surface area contributed by atoms with E-state index in [1.807, 2.05) is 4.72 Å². The minimum atomic E-state index is -4.09. The number of benzene rings is 2. The van der Waals surface area contributed by atoms with E-state index in [9.17, 15) is 17.2 Å². The van der Waals surface area contributed by atoms with Crippen LogP contribution >= 0.6 is 11.6 Å². The quantitative estimate of drug-likeness (QED) is 0.937. The predicted octanol–water partition coefficient (Wildman–Crippen LogP) is 3.73. The van der Waals surface area contributed by atoms with Crippen molar-refractivity contribution in [3.63, 3.8) is 0 Å². The Morgan fingerprint density at radius 2 is 1.70 bits per heavy atom.